The second kappa shape index (κ2) is 8.00. The lowest BCUT2D eigenvalue weighted by Gasteiger charge is -2.38. The molecule has 0 unspecified atom stereocenters. The van der Waals surface area contributed by atoms with E-state index in [0.717, 1.165) is 29.0 Å². The van der Waals surface area contributed by atoms with Crippen molar-refractivity contribution in [3.63, 3.8) is 0 Å². The molecule has 2 aromatic carbocycles. The zero-order chi connectivity index (χ0) is 17.7. The van der Waals surface area contributed by atoms with E-state index in [9.17, 15) is 4.79 Å². The van der Waals surface area contributed by atoms with Crippen LogP contribution in [0.2, 0.25) is 5.02 Å². The molecule has 1 aliphatic rings. The van der Waals surface area contributed by atoms with Gasteiger partial charge in [0.05, 0.1) is 0 Å². The average molecular weight is 359 g/mol. The van der Waals surface area contributed by atoms with Crippen LogP contribution in [0.3, 0.4) is 0 Å². The van der Waals surface area contributed by atoms with Gasteiger partial charge in [0.25, 0.3) is 5.91 Å². The van der Waals surface area contributed by atoms with Gasteiger partial charge in [0.15, 0.2) is 0 Å². The number of ether oxygens (including phenoxy) is 1. The number of rotatable bonds is 5. The molecule has 1 aliphatic heterocycles. The number of nitrogens with one attached hydrogen (secondary N) is 1. The maximum Gasteiger partial charge on any atom is 0.251 e. The Kier molecular flexibility index (Phi) is 5.74. The van der Waals surface area contributed by atoms with Crippen LogP contribution in [-0.2, 0) is 16.7 Å². The highest BCUT2D eigenvalue weighted by molar-refractivity contribution is 6.31. The first kappa shape index (κ1) is 17.9. The van der Waals surface area contributed by atoms with Gasteiger partial charge in [-0.25, -0.2) is 0 Å². The molecule has 0 radical (unpaired) electrons. The fraction of sp³-hybridized carbons (Fsp3) is 0.350. The molecule has 132 valence electrons. The Bertz CT molecular complexity index is 725. The zero-order valence-electron chi connectivity index (χ0n) is 14.1. The minimum Gasteiger partial charge on any atom is -0.381 e. The Morgan fingerprint density at radius 1 is 1.12 bits per heavy atom. The van der Waals surface area contributed by atoms with Crippen LogP contribution in [0.4, 0.5) is 0 Å². The van der Waals surface area contributed by atoms with Crippen LogP contribution in [0, 0.1) is 0 Å². The monoisotopic (exact) mass is 358 g/mol. The third kappa shape index (κ3) is 4.03. The van der Waals surface area contributed by atoms with Crippen LogP contribution >= 0.6 is 11.6 Å². The van der Waals surface area contributed by atoms with Gasteiger partial charge in [0.2, 0.25) is 0 Å². The number of hydrogen-bond donors (Lipinski definition) is 2. The summed E-state index contributed by atoms with van der Waals surface area (Å²) in [5.41, 5.74) is 8.14. The summed E-state index contributed by atoms with van der Waals surface area (Å²) in [6, 6.07) is 15.3. The van der Waals surface area contributed by atoms with Crippen molar-refractivity contribution < 1.29 is 9.53 Å². The van der Waals surface area contributed by atoms with Gasteiger partial charge >= 0.3 is 0 Å². The van der Waals surface area contributed by atoms with E-state index in [1.165, 1.54) is 0 Å². The van der Waals surface area contributed by atoms with Gasteiger partial charge in [-0.1, -0.05) is 41.9 Å². The summed E-state index contributed by atoms with van der Waals surface area (Å²) < 4.78 is 5.54. The first-order valence-corrected chi connectivity index (χ1v) is 8.92. The lowest BCUT2D eigenvalue weighted by atomic mass is 9.74. The number of carbonyl (C=O) groups excluding carboxylic acids is 1. The summed E-state index contributed by atoms with van der Waals surface area (Å²) in [5.74, 6) is -0.0820. The molecule has 0 aliphatic carbocycles. The molecule has 5 heteroatoms. The van der Waals surface area contributed by atoms with Gasteiger partial charge in [-0.05, 0) is 42.2 Å². The summed E-state index contributed by atoms with van der Waals surface area (Å²) in [7, 11) is 0. The molecule has 0 saturated carbocycles. The van der Waals surface area contributed by atoms with Gasteiger partial charge in [0, 0.05) is 42.3 Å². The summed E-state index contributed by atoms with van der Waals surface area (Å²) in [5, 5.41) is 3.83. The Balaban J connectivity index is 1.77. The highest BCUT2D eigenvalue weighted by Crippen LogP contribution is 2.38. The first-order chi connectivity index (χ1) is 12.1. The molecule has 25 heavy (non-hydrogen) atoms. The van der Waals surface area contributed by atoms with E-state index in [0.29, 0.717) is 31.9 Å². The molecule has 1 fully saturated rings. The van der Waals surface area contributed by atoms with Crippen molar-refractivity contribution in [2.45, 2.75) is 24.8 Å². The Morgan fingerprint density at radius 2 is 1.80 bits per heavy atom. The molecule has 1 amide bonds. The molecule has 0 atom stereocenters. The van der Waals surface area contributed by atoms with Crippen LogP contribution in [0.5, 0.6) is 0 Å². The largest absolute Gasteiger partial charge is 0.381 e. The van der Waals surface area contributed by atoms with Crippen molar-refractivity contribution in [3.05, 3.63) is 70.2 Å². The van der Waals surface area contributed by atoms with Crippen molar-refractivity contribution in [1.82, 2.24) is 5.32 Å². The van der Waals surface area contributed by atoms with E-state index < -0.39 is 0 Å². The number of benzene rings is 2. The van der Waals surface area contributed by atoms with Crippen molar-refractivity contribution in [1.29, 1.82) is 0 Å². The van der Waals surface area contributed by atoms with E-state index in [-0.39, 0.29) is 11.3 Å². The van der Waals surface area contributed by atoms with E-state index in [2.05, 4.69) is 11.4 Å². The number of carbonyl (C=O) groups is 1. The predicted octanol–water partition coefficient (Wildman–Crippen LogP) is 3.28. The molecular weight excluding hydrogens is 336 g/mol. The lowest BCUT2D eigenvalue weighted by Crippen LogP contribution is -2.44. The second-order valence-corrected chi connectivity index (χ2v) is 6.86. The van der Waals surface area contributed by atoms with Crippen LogP contribution in [-0.4, -0.2) is 25.7 Å². The minimum atomic E-state index is -0.191. The number of hydrogen-bond acceptors (Lipinski definition) is 3. The maximum absolute atomic E-state index is 12.5. The number of amides is 1. The normalized spacial score (nSPS) is 16.4. The van der Waals surface area contributed by atoms with Crippen molar-refractivity contribution >= 4 is 17.5 Å². The molecule has 0 bridgehead atoms. The second-order valence-electron chi connectivity index (χ2n) is 6.46. The highest BCUT2D eigenvalue weighted by atomic mass is 35.5. The number of halogens is 1. The molecular formula is C20H23ClN2O2. The topological polar surface area (TPSA) is 64.4 Å². The van der Waals surface area contributed by atoms with E-state index in [4.69, 9.17) is 22.1 Å². The average Bonchev–Trinajstić information content (AvgIpc) is 2.67. The highest BCUT2D eigenvalue weighted by Gasteiger charge is 2.36. The van der Waals surface area contributed by atoms with Crippen LogP contribution in [0.25, 0.3) is 0 Å². The third-order valence-electron chi connectivity index (χ3n) is 4.93. The first-order valence-electron chi connectivity index (χ1n) is 8.55. The summed E-state index contributed by atoms with van der Waals surface area (Å²) in [6.07, 6.45) is 1.67. The van der Waals surface area contributed by atoms with Gasteiger partial charge in [-0.2, -0.15) is 0 Å². The molecule has 3 rings (SSSR count). The standard InChI is InChI=1S/C20H23ClN2O2/c21-18-4-2-1-3-17(18)20(9-11-25-12-10-20)14-23-19(24)16-7-5-15(13-22)6-8-16/h1-8H,9-14,22H2,(H,23,24). The predicted molar refractivity (Wildman–Crippen MR) is 99.8 cm³/mol. The molecule has 0 aromatic heterocycles. The molecule has 1 heterocycles. The van der Waals surface area contributed by atoms with E-state index in [1.54, 1.807) is 0 Å². The maximum atomic E-state index is 12.5. The van der Waals surface area contributed by atoms with Gasteiger partial charge in [0.1, 0.15) is 0 Å². The summed E-state index contributed by atoms with van der Waals surface area (Å²) >= 11 is 6.45. The van der Waals surface area contributed by atoms with E-state index in [1.807, 2.05) is 42.5 Å². The van der Waals surface area contributed by atoms with Crippen LogP contribution in [0.15, 0.2) is 48.5 Å². The molecule has 2 aromatic rings. The third-order valence-corrected chi connectivity index (χ3v) is 5.26. The van der Waals surface area contributed by atoms with Crippen molar-refractivity contribution in [2.24, 2.45) is 5.73 Å². The van der Waals surface area contributed by atoms with Gasteiger partial charge in [-0.3, -0.25) is 4.79 Å². The van der Waals surface area contributed by atoms with Gasteiger partial charge < -0.3 is 15.8 Å². The fourth-order valence-corrected chi connectivity index (χ4v) is 3.67. The summed E-state index contributed by atoms with van der Waals surface area (Å²) in [4.78, 5) is 12.5. The van der Waals surface area contributed by atoms with Crippen molar-refractivity contribution in [3.8, 4) is 0 Å². The Labute approximate surface area is 153 Å². The Morgan fingerprint density at radius 3 is 2.44 bits per heavy atom. The SMILES string of the molecule is NCc1ccc(C(=O)NCC2(c3ccccc3Cl)CCOCC2)cc1. The quantitative estimate of drug-likeness (QED) is 0.862. The number of nitrogens with two attached hydrogens (primary N) is 1. The van der Waals surface area contributed by atoms with Crippen LogP contribution in [0.1, 0.15) is 34.3 Å². The van der Waals surface area contributed by atoms with Gasteiger partial charge in [-0.15, -0.1) is 0 Å². The van der Waals surface area contributed by atoms with Crippen LogP contribution < -0.4 is 11.1 Å². The fourth-order valence-electron chi connectivity index (χ4n) is 3.34. The molecule has 1 saturated heterocycles. The lowest BCUT2D eigenvalue weighted by molar-refractivity contribution is 0.0487. The molecule has 0 spiro atoms. The minimum absolute atomic E-state index is 0.0820. The van der Waals surface area contributed by atoms with E-state index >= 15 is 0 Å². The van der Waals surface area contributed by atoms with Crippen molar-refractivity contribution in [2.75, 3.05) is 19.8 Å². The Hall–Kier alpha value is -1.88. The summed E-state index contributed by atoms with van der Waals surface area (Å²) in [6.45, 7) is 2.35. The molecule has 4 nitrogen and oxygen atoms in total. The smallest absolute Gasteiger partial charge is 0.251 e. The molecule has 3 N–H and O–H groups in total. The zero-order valence-corrected chi connectivity index (χ0v) is 14.9.